The zero-order valence-electron chi connectivity index (χ0n) is 15.3. The minimum Gasteiger partial charge on any atom is -0.492 e. The SMILES string of the molecule is O=C(CCCOc1ccc(Cl)cc1Cl)Nc1cc(N2CCCS2(=O)=O)ccc1Cl. The van der Waals surface area contributed by atoms with Gasteiger partial charge in [-0.3, -0.25) is 9.10 Å². The number of sulfonamides is 1. The second-order valence-corrected chi connectivity index (χ2v) is 9.74. The summed E-state index contributed by atoms with van der Waals surface area (Å²) in [6.45, 7) is 0.719. The third-order valence-electron chi connectivity index (χ3n) is 4.31. The Balaban J connectivity index is 1.54. The zero-order chi connectivity index (χ0) is 21.0. The van der Waals surface area contributed by atoms with E-state index in [0.717, 1.165) is 0 Å². The van der Waals surface area contributed by atoms with Gasteiger partial charge >= 0.3 is 0 Å². The monoisotopic (exact) mass is 476 g/mol. The number of halogens is 3. The first-order valence-corrected chi connectivity index (χ1v) is 11.7. The van der Waals surface area contributed by atoms with Gasteiger partial charge in [-0.1, -0.05) is 34.8 Å². The number of carbonyl (C=O) groups excluding carboxylic acids is 1. The Labute approximate surface area is 184 Å². The van der Waals surface area contributed by atoms with Gasteiger partial charge in [0.2, 0.25) is 15.9 Å². The maximum absolute atomic E-state index is 12.2. The van der Waals surface area contributed by atoms with E-state index in [-0.39, 0.29) is 18.1 Å². The zero-order valence-corrected chi connectivity index (χ0v) is 18.4. The van der Waals surface area contributed by atoms with Crippen molar-refractivity contribution in [1.82, 2.24) is 0 Å². The van der Waals surface area contributed by atoms with Crippen LogP contribution in [-0.4, -0.2) is 33.2 Å². The Bertz CT molecular complexity index is 1010. The first-order valence-electron chi connectivity index (χ1n) is 8.94. The molecule has 0 bridgehead atoms. The molecule has 0 aromatic heterocycles. The maximum Gasteiger partial charge on any atom is 0.235 e. The predicted molar refractivity (Wildman–Crippen MR) is 117 cm³/mol. The van der Waals surface area contributed by atoms with Crippen molar-refractivity contribution in [3.63, 3.8) is 0 Å². The molecule has 1 amide bonds. The summed E-state index contributed by atoms with van der Waals surface area (Å²) in [6.07, 6.45) is 1.24. The van der Waals surface area contributed by atoms with Crippen LogP contribution in [0.2, 0.25) is 15.1 Å². The van der Waals surface area contributed by atoms with Gasteiger partial charge < -0.3 is 10.1 Å². The molecule has 1 aliphatic rings. The summed E-state index contributed by atoms with van der Waals surface area (Å²) < 4.78 is 31.1. The minimum atomic E-state index is -3.31. The molecule has 1 heterocycles. The van der Waals surface area contributed by atoms with Crippen LogP contribution < -0.4 is 14.4 Å². The van der Waals surface area contributed by atoms with E-state index in [0.29, 0.717) is 58.2 Å². The van der Waals surface area contributed by atoms with Gasteiger partial charge in [0.1, 0.15) is 5.75 Å². The van der Waals surface area contributed by atoms with E-state index in [1.807, 2.05) is 0 Å². The number of carbonyl (C=O) groups is 1. The van der Waals surface area contributed by atoms with E-state index >= 15 is 0 Å². The van der Waals surface area contributed by atoms with E-state index in [9.17, 15) is 13.2 Å². The molecule has 0 spiro atoms. The number of rotatable bonds is 7. The smallest absolute Gasteiger partial charge is 0.235 e. The summed E-state index contributed by atoms with van der Waals surface area (Å²) in [6, 6.07) is 9.71. The summed E-state index contributed by atoms with van der Waals surface area (Å²) in [7, 11) is -3.31. The molecule has 0 radical (unpaired) electrons. The van der Waals surface area contributed by atoms with Crippen molar-refractivity contribution in [1.29, 1.82) is 0 Å². The van der Waals surface area contributed by atoms with Crippen LogP contribution in [0.25, 0.3) is 0 Å². The molecule has 0 saturated carbocycles. The molecule has 2 aromatic rings. The number of hydrogen-bond acceptors (Lipinski definition) is 4. The van der Waals surface area contributed by atoms with Gasteiger partial charge in [-0.15, -0.1) is 0 Å². The van der Waals surface area contributed by atoms with Gasteiger partial charge in [0.25, 0.3) is 0 Å². The summed E-state index contributed by atoms with van der Waals surface area (Å²) in [5.41, 5.74) is 0.862. The molecule has 1 saturated heterocycles. The van der Waals surface area contributed by atoms with Gasteiger partial charge in [0, 0.05) is 18.0 Å². The van der Waals surface area contributed by atoms with Gasteiger partial charge in [-0.05, 0) is 49.2 Å². The van der Waals surface area contributed by atoms with Crippen molar-refractivity contribution < 1.29 is 17.9 Å². The average Bonchev–Trinajstić information content (AvgIpc) is 3.01. The predicted octanol–water partition coefficient (Wildman–Crippen LogP) is 4.98. The molecule has 0 atom stereocenters. The molecule has 0 unspecified atom stereocenters. The lowest BCUT2D eigenvalue weighted by Crippen LogP contribution is -2.25. The number of hydrogen-bond donors (Lipinski definition) is 1. The number of nitrogens with zero attached hydrogens (tertiary/aromatic N) is 1. The van der Waals surface area contributed by atoms with E-state index in [1.54, 1.807) is 36.4 Å². The van der Waals surface area contributed by atoms with Gasteiger partial charge in [0.15, 0.2) is 0 Å². The Morgan fingerprint density at radius 2 is 1.90 bits per heavy atom. The lowest BCUT2D eigenvalue weighted by molar-refractivity contribution is -0.116. The van der Waals surface area contributed by atoms with Gasteiger partial charge in [-0.2, -0.15) is 0 Å². The van der Waals surface area contributed by atoms with Crippen LogP contribution in [-0.2, 0) is 14.8 Å². The van der Waals surface area contributed by atoms with Crippen LogP contribution >= 0.6 is 34.8 Å². The molecule has 29 heavy (non-hydrogen) atoms. The summed E-state index contributed by atoms with van der Waals surface area (Å²) in [5, 5.41) is 3.98. The van der Waals surface area contributed by atoms with Crippen LogP contribution in [0.15, 0.2) is 36.4 Å². The number of benzene rings is 2. The summed E-state index contributed by atoms with van der Waals surface area (Å²) in [5.74, 6) is 0.368. The van der Waals surface area contributed by atoms with Crippen molar-refractivity contribution in [3.05, 3.63) is 51.5 Å². The normalized spacial score (nSPS) is 15.3. The second kappa shape index (κ2) is 9.43. The van der Waals surface area contributed by atoms with Crippen LogP contribution in [0.5, 0.6) is 5.75 Å². The van der Waals surface area contributed by atoms with Crippen molar-refractivity contribution in [2.45, 2.75) is 19.3 Å². The van der Waals surface area contributed by atoms with E-state index in [4.69, 9.17) is 39.5 Å². The van der Waals surface area contributed by atoms with Crippen molar-refractivity contribution in [3.8, 4) is 5.75 Å². The molecule has 1 fully saturated rings. The molecule has 0 aliphatic carbocycles. The number of ether oxygens (including phenoxy) is 1. The molecule has 6 nitrogen and oxygen atoms in total. The van der Waals surface area contributed by atoms with E-state index < -0.39 is 10.0 Å². The fraction of sp³-hybridized carbons (Fsp3) is 0.316. The molecule has 156 valence electrons. The third-order valence-corrected chi connectivity index (χ3v) is 7.04. The highest BCUT2D eigenvalue weighted by Crippen LogP contribution is 2.31. The minimum absolute atomic E-state index is 0.120. The Hall–Kier alpha value is -1.67. The van der Waals surface area contributed by atoms with Crippen molar-refractivity contribution >= 4 is 62.1 Å². The van der Waals surface area contributed by atoms with Crippen LogP contribution in [0.4, 0.5) is 11.4 Å². The van der Waals surface area contributed by atoms with Crippen molar-refractivity contribution in [2.24, 2.45) is 0 Å². The highest BCUT2D eigenvalue weighted by Gasteiger charge is 2.28. The Morgan fingerprint density at radius 1 is 1.10 bits per heavy atom. The van der Waals surface area contributed by atoms with E-state index in [1.165, 1.54) is 4.31 Å². The fourth-order valence-corrected chi connectivity index (χ4v) is 5.10. The van der Waals surface area contributed by atoms with E-state index in [2.05, 4.69) is 5.32 Å². The van der Waals surface area contributed by atoms with Gasteiger partial charge in [-0.25, -0.2) is 8.42 Å². The molecule has 1 aliphatic heterocycles. The maximum atomic E-state index is 12.2. The molecule has 1 N–H and O–H groups in total. The summed E-state index contributed by atoms with van der Waals surface area (Å²) >= 11 is 18.0. The Morgan fingerprint density at radius 3 is 2.59 bits per heavy atom. The van der Waals surface area contributed by atoms with Gasteiger partial charge in [0.05, 0.1) is 33.8 Å². The highest BCUT2D eigenvalue weighted by atomic mass is 35.5. The van der Waals surface area contributed by atoms with Crippen molar-refractivity contribution in [2.75, 3.05) is 28.5 Å². The quantitative estimate of drug-likeness (QED) is 0.570. The fourth-order valence-electron chi connectivity index (χ4n) is 2.91. The molecular formula is C19H19Cl3N2O4S. The number of nitrogens with one attached hydrogen (secondary N) is 1. The standard InChI is InChI=1S/C19H19Cl3N2O4S/c20-13-4-7-18(16(22)11-13)28-9-1-3-19(25)23-17-12-14(5-6-15(17)21)24-8-2-10-29(24,26)27/h4-7,11-12H,1-3,8-10H2,(H,23,25). The largest absolute Gasteiger partial charge is 0.492 e. The van der Waals surface area contributed by atoms with Crippen LogP contribution in [0.1, 0.15) is 19.3 Å². The molecular weight excluding hydrogens is 459 g/mol. The lowest BCUT2D eigenvalue weighted by Gasteiger charge is -2.18. The van der Waals surface area contributed by atoms with Crippen LogP contribution in [0, 0.1) is 0 Å². The first-order chi connectivity index (χ1) is 13.8. The second-order valence-electron chi connectivity index (χ2n) is 6.48. The number of anilines is 2. The topological polar surface area (TPSA) is 75.7 Å². The Kier molecular flexibility index (Phi) is 7.16. The molecule has 10 heteroatoms. The average molecular weight is 478 g/mol. The third kappa shape index (κ3) is 5.69. The highest BCUT2D eigenvalue weighted by molar-refractivity contribution is 7.93. The first kappa shape index (κ1) is 22.0. The molecule has 2 aromatic carbocycles. The van der Waals surface area contributed by atoms with Crippen LogP contribution in [0.3, 0.4) is 0 Å². The summed E-state index contributed by atoms with van der Waals surface area (Å²) in [4.78, 5) is 12.2. The number of amides is 1. The molecule has 3 rings (SSSR count). The lowest BCUT2D eigenvalue weighted by atomic mass is 10.2.